The lowest BCUT2D eigenvalue weighted by Crippen LogP contribution is -2.13. The van der Waals surface area contributed by atoms with E-state index in [0.717, 1.165) is 22.0 Å². The number of hydrogen-bond acceptors (Lipinski definition) is 4. The Bertz CT molecular complexity index is 1010. The number of benzene rings is 2. The first-order valence-electron chi connectivity index (χ1n) is 7.55. The number of ether oxygens (including phenoxy) is 2. The number of nitrogens with zero attached hydrogens (tertiary/aromatic N) is 1. The van der Waals surface area contributed by atoms with Crippen LogP contribution in [-0.4, -0.2) is 12.1 Å². The Morgan fingerprint density at radius 1 is 1.17 bits per heavy atom. The van der Waals surface area contributed by atoms with E-state index in [4.69, 9.17) is 15.2 Å². The van der Waals surface area contributed by atoms with Crippen LogP contribution in [-0.2, 0) is 0 Å². The molecule has 0 radical (unpaired) electrons. The first-order chi connectivity index (χ1) is 11.7. The van der Waals surface area contributed by atoms with Crippen LogP contribution in [0, 0.1) is 11.3 Å². The van der Waals surface area contributed by atoms with Gasteiger partial charge in [0, 0.05) is 22.7 Å². The van der Waals surface area contributed by atoms with Crippen LogP contribution in [0.5, 0.6) is 11.5 Å². The number of nitrogens with two attached hydrogens (primary N) is 1. The van der Waals surface area contributed by atoms with E-state index in [0.29, 0.717) is 17.1 Å². The molecule has 0 fully saturated rings. The predicted molar refractivity (Wildman–Crippen MR) is 90.6 cm³/mol. The lowest BCUT2D eigenvalue weighted by molar-refractivity contribution is 0.407. The Morgan fingerprint density at radius 3 is 2.79 bits per heavy atom. The van der Waals surface area contributed by atoms with Crippen LogP contribution in [0.25, 0.3) is 10.9 Å². The number of aromatic amines is 1. The average molecular weight is 317 g/mol. The highest BCUT2D eigenvalue weighted by molar-refractivity contribution is 5.91. The van der Waals surface area contributed by atoms with E-state index in [2.05, 4.69) is 11.1 Å². The lowest BCUT2D eigenvalue weighted by atomic mass is 9.85. The quantitative estimate of drug-likeness (QED) is 0.758. The van der Waals surface area contributed by atoms with Crippen LogP contribution in [0.15, 0.2) is 60.1 Å². The number of rotatable bonds is 2. The summed E-state index contributed by atoms with van der Waals surface area (Å²) in [5.41, 5.74) is 9.24. The maximum Gasteiger partial charge on any atom is 0.205 e. The fraction of sp³-hybridized carbons (Fsp3) is 0.105. The van der Waals surface area contributed by atoms with E-state index < -0.39 is 0 Å². The maximum absolute atomic E-state index is 9.73. The van der Waals surface area contributed by atoms with Crippen molar-refractivity contribution in [1.29, 1.82) is 5.26 Å². The van der Waals surface area contributed by atoms with E-state index in [9.17, 15) is 5.26 Å². The van der Waals surface area contributed by atoms with Crippen molar-refractivity contribution in [2.75, 3.05) is 7.11 Å². The van der Waals surface area contributed by atoms with E-state index in [1.54, 1.807) is 7.11 Å². The van der Waals surface area contributed by atoms with Gasteiger partial charge < -0.3 is 20.2 Å². The second-order valence-corrected chi connectivity index (χ2v) is 5.59. The minimum absolute atomic E-state index is 0.122. The highest BCUT2D eigenvalue weighted by atomic mass is 16.5. The molecule has 2 aromatic carbocycles. The molecule has 3 aromatic rings. The van der Waals surface area contributed by atoms with Gasteiger partial charge in [-0.25, -0.2) is 0 Å². The second kappa shape index (κ2) is 5.36. The Hall–Kier alpha value is -3.39. The molecule has 1 aromatic heterocycles. The van der Waals surface area contributed by atoms with Crippen molar-refractivity contribution >= 4 is 10.9 Å². The third-order valence-corrected chi connectivity index (χ3v) is 4.35. The minimum Gasteiger partial charge on any atom is -0.496 e. The van der Waals surface area contributed by atoms with E-state index in [-0.39, 0.29) is 11.8 Å². The van der Waals surface area contributed by atoms with Gasteiger partial charge in [-0.1, -0.05) is 24.3 Å². The first-order valence-corrected chi connectivity index (χ1v) is 7.55. The van der Waals surface area contributed by atoms with Gasteiger partial charge in [0.2, 0.25) is 5.88 Å². The van der Waals surface area contributed by atoms with Crippen molar-refractivity contribution < 1.29 is 9.47 Å². The molecule has 0 saturated carbocycles. The number of H-pyrrole nitrogens is 1. The van der Waals surface area contributed by atoms with Crippen LogP contribution in [0.2, 0.25) is 0 Å². The summed E-state index contributed by atoms with van der Waals surface area (Å²) in [4.78, 5) is 3.25. The molecule has 0 spiro atoms. The molecule has 5 heteroatoms. The third kappa shape index (κ3) is 1.94. The summed E-state index contributed by atoms with van der Waals surface area (Å²) in [6.07, 6.45) is 1.91. The number of nitriles is 1. The van der Waals surface area contributed by atoms with E-state index in [1.165, 1.54) is 0 Å². The van der Waals surface area contributed by atoms with Gasteiger partial charge in [-0.2, -0.15) is 5.26 Å². The predicted octanol–water partition coefficient (Wildman–Crippen LogP) is 3.39. The van der Waals surface area contributed by atoms with E-state index >= 15 is 0 Å². The standard InChI is InChI=1S/C19H15N3O2/c1-23-15-7-3-2-5-11(15)17-12(9-20)19(21)24-16-8-4-6-14-18(16)13(17)10-22-14/h2-8,10,17,22H,21H2,1H3. The molecule has 5 nitrogen and oxygen atoms in total. The molecule has 1 atom stereocenters. The van der Waals surface area contributed by atoms with Gasteiger partial charge in [0.1, 0.15) is 23.1 Å². The van der Waals surface area contributed by atoms with Crippen LogP contribution < -0.4 is 15.2 Å². The average Bonchev–Trinajstić information content (AvgIpc) is 2.99. The zero-order valence-corrected chi connectivity index (χ0v) is 13.0. The zero-order valence-electron chi connectivity index (χ0n) is 13.0. The summed E-state index contributed by atoms with van der Waals surface area (Å²) in [6.45, 7) is 0. The molecule has 3 N–H and O–H groups in total. The van der Waals surface area contributed by atoms with Gasteiger partial charge in [-0.05, 0) is 23.8 Å². The highest BCUT2D eigenvalue weighted by Gasteiger charge is 2.31. The Morgan fingerprint density at radius 2 is 2.00 bits per heavy atom. The topological polar surface area (TPSA) is 84.1 Å². The molecular weight excluding hydrogens is 302 g/mol. The Labute approximate surface area is 138 Å². The van der Waals surface area contributed by atoms with Crippen molar-refractivity contribution in [2.24, 2.45) is 5.73 Å². The van der Waals surface area contributed by atoms with E-state index in [1.807, 2.05) is 48.7 Å². The second-order valence-electron chi connectivity index (χ2n) is 5.59. The molecule has 118 valence electrons. The summed E-state index contributed by atoms with van der Waals surface area (Å²) in [5.74, 6) is 1.11. The number of aromatic nitrogens is 1. The number of hydrogen-bond donors (Lipinski definition) is 2. The highest BCUT2D eigenvalue weighted by Crippen LogP contribution is 2.45. The molecule has 0 aliphatic carbocycles. The zero-order chi connectivity index (χ0) is 16.7. The van der Waals surface area contributed by atoms with Crippen LogP contribution >= 0.6 is 0 Å². The number of methoxy groups -OCH3 is 1. The van der Waals surface area contributed by atoms with Crippen molar-refractivity contribution in [3.63, 3.8) is 0 Å². The third-order valence-electron chi connectivity index (χ3n) is 4.35. The van der Waals surface area contributed by atoms with Gasteiger partial charge in [0.15, 0.2) is 0 Å². The molecular formula is C19H15N3O2. The molecule has 1 aliphatic heterocycles. The van der Waals surface area contributed by atoms with Gasteiger partial charge >= 0.3 is 0 Å². The minimum atomic E-state index is -0.358. The van der Waals surface area contributed by atoms with Gasteiger partial charge in [0.05, 0.1) is 13.0 Å². The van der Waals surface area contributed by atoms with Crippen LogP contribution in [0.3, 0.4) is 0 Å². The summed E-state index contributed by atoms with van der Waals surface area (Å²) in [5, 5.41) is 10.7. The molecule has 1 unspecified atom stereocenters. The monoisotopic (exact) mass is 317 g/mol. The molecule has 0 bridgehead atoms. The van der Waals surface area contributed by atoms with Gasteiger partial charge in [-0.3, -0.25) is 0 Å². The number of allylic oxidation sites excluding steroid dienone is 1. The van der Waals surface area contributed by atoms with Crippen molar-refractivity contribution in [1.82, 2.24) is 4.98 Å². The molecule has 1 aliphatic rings. The molecule has 24 heavy (non-hydrogen) atoms. The summed E-state index contributed by atoms with van der Waals surface area (Å²) < 4.78 is 11.3. The first kappa shape index (κ1) is 14.2. The number of para-hydroxylation sites is 1. The Balaban J connectivity index is 2.08. The molecule has 4 rings (SSSR count). The normalized spacial score (nSPS) is 16.4. The molecule has 2 heterocycles. The molecule has 0 saturated heterocycles. The van der Waals surface area contributed by atoms with Crippen LogP contribution in [0.1, 0.15) is 17.0 Å². The van der Waals surface area contributed by atoms with Gasteiger partial charge in [-0.15, -0.1) is 0 Å². The van der Waals surface area contributed by atoms with Gasteiger partial charge in [0.25, 0.3) is 0 Å². The van der Waals surface area contributed by atoms with Crippen LogP contribution in [0.4, 0.5) is 0 Å². The molecule has 0 amide bonds. The fourth-order valence-electron chi connectivity index (χ4n) is 3.31. The summed E-state index contributed by atoms with van der Waals surface area (Å²) in [6, 6.07) is 15.6. The maximum atomic E-state index is 9.73. The van der Waals surface area contributed by atoms with Crippen molar-refractivity contribution in [3.05, 3.63) is 71.2 Å². The van der Waals surface area contributed by atoms with Crippen molar-refractivity contribution in [2.45, 2.75) is 5.92 Å². The smallest absolute Gasteiger partial charge is 0.205 e. The SMILES string of the molecule is COc1ccccc1C1C(C#N)=C(N)Oc2cccc3[nH]cc1c23. The Kier molecular flexibility index (Phi) is 3.17. The lowest BCUT2D eigenvalue weighted by Gasteiger charge is -2.18. The van der Waals surface area contributed by atoms with Crippen molar-refractivity contribution in [3.8, 4) is 17.6 Å². The summed E-state index contributed by atoms with van der Waals surface area (Å²) >= 11 is 0. The summed E-state index contributed by atoms with van der Waals surface area (Å²) in [7, 11) is 1.62. The largest absolute Gasteiger partial charge is 0.496 e. The number of nitrogens with one attached hydrogen (secondary N) is 1. The fourth-order valence-corrected chi connectivity index (χ4v) is 3.31.